The number of fused-ring (bicyclic) bond motifs is 1. The number of hydrogen-bond acceptors (Lipinski definition) is 6. The van der Waals surface area contributed by atoms with E-state index in [-0.39, 0.29) is 23.4 Å². The van der Waals surface area contributed by atoms with E-state index < -0.39 is 17.7 Å². The molecule has 2 aromatic carbocycles. The second-order valence-electron chi connectivity index (χ2n) is 9.35. The summed E-state index contributed by atoms with van der Waals surface area (Å²) in [6, 6.07) is 19.6. The Morgan fingerprint density at radius 1 is 1.00 bits per heavy atom. The highest BCUT2D eigenvalue weighted by Gasteiger charge is 2.39. The van der Waals surface area contributed by atoms with E-state index in [4.69, 9.17) is 0 Å². The number of aromatic hydroxyl groups is 1. The molecule has 9 heteroatoms. The van der Waals surface area contributed by atoms with Crippen LogP contribution in [-0.2, 0) is 16.6 Å². The van der Waals surface area contributed by atoms with E-state index in [1.165, 1.54) is 9.25 Å². The van der Waals surface area contributed by atoms with Crippen LogP contribution < -0.4 is 10.5 Å². The van der Waals surface area contributed by atoms with Crippen molar-refractivity contribution in [3.05, 3.63) is 99.4 Å². The Balaban J connectivity index is 1.53. The van der Waals surface area contributed by atoms with Crippen LogP contribution >= 0.6 is 0 Å². The first kappa shape index (κ1) is 25.4. The molecule has 5 rings (SSSR count). The molecule has 2 amide bonds. The maximum Gasteiger partial charge on any atom is 0.275 e. The molecular weight excluding hydrogens is 494 g/mol. The van der Waals surface area contributed by atoms with Crippen LogP contribution in [0.5, 0.6) is 5.88 Å². The SMILES string of the molecule is CC1=C(C#N)C(=O)N(c2ccccc2)C(=O)C1CC=Cc1c(C)c2c(O)n(-c3ccccc3)nc2n(C)c1=O. The first-order valence-electron chi connectivity index (χ1n) is 12.3. The van der Waals surface area contributed by atoms with Gasteiger partial charge in [-0.15, -0.1) is 5.10 Å². The van der Waals surface area contributed by atoms with Crippen molar-refractivity contribution in [3.63, 3.8) is 0 Å². The Morgan fingerprint density at radius 2 is 1.62 bits per heavy atom. The van der Waals surface area contributed by atoms with Crippen LogP contribution in [-0.4, -0.2) is 31.3 Å². The van der Waals surface area contributed by atoms with Crippen molar-refractivity contribution in [2.75, 3.05) is 4.90 Å². The molecule has 1 aliphatic rings. The summed E-state index contributed by atoms with van der Waals surface area (Å²) < 4.78 is 2.76. The zero-order valence-electron chi connectivity index (χ0n) is 21.6. The summed E-state index contributed by atoms with van der Waals surface area (Å²) in [6.07, 6.45) is 3.48. The Hall–Kier alpha value is -5.23. The maximum absolute atomic E-state index is 13.4. The van der Waals surface area contributed by atoms with Gasteiger partial charge in [-0.25, -0.2) is 4.90 Å². The van der Waals surface area contributed by atoms with Gasteiger partial charge in [-0.05, 0) is 55.7 Å². The first-order valence-corrected chi connectivity index (χ1v) is 12.3. The number of aryl methyl sites for hydroxylation is 2. The van der Waals surface area contributed by atoms with Crippen LogP contribution in [0.15, 0.2) is 82.7 Å². The molecule has 0 saturated heterocycles. The van der Waals surface area contributed by atoms with Gasteiger partial charge >= 0.3 is 0 Å². The smallest absolute Gasteiger partial charge is 0.275 e. The molecule has 1 aliphatic heterocycles. The maximum atomic E-state index is 13.4. The largest absolute Gasteiger partial charge is 0.493 e. The summed E-state index contributed by atoms with van der Waals surface area (Å²) in [4.78, 5) is 40.6. The fourth-order valence-electron chi connectivity index (χ4n) is 4.94. The third kappa shape index (κ3) is 4.12. The van der Waals surface area contributed by atoms with Crippen molar-refractivity contribution < 1.29 is 14.7 Å². The molecule has 0 saturated carbocycles. The minimum atomic E-state index is -0.754. The van der Waals surface area contributed by atoms with Gasteiger partial charge in [0.15, 0.2) is 5.65 Å². The highest BCUT2D eigenvalue weighted by molar-refractivity contribution is 6.26. The van der Waals surface area contributed by atoms with E-state index >= 15 is 0 Å². The number of nitriles is 1. The summed E-state index contributed by atoms with van der Waals surface area (Å²) in [7, 11) is 1.59. The third-order valence-corrected chi connectivity index (χ3v) is 7.11. The van der Waals surface area contributed by atoms with E-state index in [1.807, 2.05) is 24.3 Å². The molecular formula is C30H25N5O4. The molecule has 0 radical (unpaired) electrons. The number of para-hydroxylation sites is 2. The number of carbonyl (C=O) groups excluding carboxylic acids is 2. The van der Waals surface area contributed by atoms with Crippen LogP contribution in [0.1, 0.15) is 24.5 Å². The number of allylic oxidation sites excluding steroid dienone is 1. The summed E-state index contributed by atoms with van der Waals surface area (Å²) >= 11 is 0. The van der Waals surface area contributed by atoms with Crippen LogP contribution in [0.3, 0.4) is 0 Å². The number of carbonyl (C=O) groups is 2. The van der Waals surface area contributed by atoms with Gasteiger partial charge in [-0.3, -0.25) is 19.0 Å². The van der Waals surface area contributed by atoms with Crippen LogP contribution in [0, 0.1) is 24.2 Å². The molecule has 0 aliphatic carbocycles. The Morgan fingerprint density at radius 3 is 2.23 bits per heavy atom. The second kappa shape index (κ2) is 9.91. The lowest BCUT2D eigenvalue weighted by Crippen LogP contribution is -2.46. The fourth-order valence-corrected chi connectivity index (χ4v) is 4.94. The van der Waals surface area contributed by atoms with E-state index in [0.717, 1.165) is 4.90 Å². The fraction of sp³-hybridized carbons (Fsp3) is 0.167. The normalized spacial score (nSPS) is 15.9. The number of hydrogen-bond donors (Lipinski definition) is 1. The molecule has 39 heavy (non-hydrogen) atoms. The molecule has 1 atom stereocenters. The van der Waals surface area contributed by atoms with E-state index in [1.54, 1.807) is 75.5 Å². The number of anilines is 1. The van der Waals surface area contributed by atoms with Crippen molar-refractivity contribution in [1.29, 1.82) is 5.26 Å². The summed E-state index contributed by atoms with van der Waals surface area (Å²) in [5, 5.41) is 25.6. The highest BCUT2D eigenvalue weighted by Crippen LogP contribution is 2.33. The molecule has 1 N–H and O–H groups in total. The quantitative estimate of drug-likeness (QED) is 0.395. The van der Waals surface area contributed by atoms with Gasteiger partial charge in [0.2, 0.25) is 11.8 Å². The van der Waals surface area contributed by atoms with Crippen molar-refractivity contribution in [2.45, 2.75) is 20.3 Å². The number of benzene rings is 2. The van der Waals surface area contributed by atoms with Gasteiger partial charge in [0.1, 0.15) is 11.6 Å². The third-order valence-electron chi connectivity index (χ3n) is 7.11. The lowest BCUT2D eigenvalue weighted by Gasteiger charge is -2.31. The monoisotopic (exact) mass is 519 g/mol. The van der Waals surface area contributed by atoms with Gasteiger partial charge in [-0.1, -0.05) is 48.6 Å². The molecule has 0 spiro atoms. The number of nitrogens with zero attached hydrogens (tertiary/aromatic N) is 5. The zero-order valence-corrected chi connectivity index (χ0v) is 21.6. The highest BCUT2D eigenvalue weighted by atomic mass is 16.3. The average molecular weight is 520 g/mol. The average Bonchev–Trinajstić information content (AvgIpc) is 3.29. The van der Waals surface area contributed by atoms with Gasteiger partial charge in [0.25, 0.3) is 11.5 Å². The molecule has 2 aromatic heterocycles. The van der Waals surface area contributed by atoms with Gasteiger partial charge in [-0.2, -0.15) is 9.94 Å². The van der Waals surface area contributed by atoms with Crippen molar-refractivity contribution in [3.8, 4) is 17.6 Å². The molecule has 4 aromatic rings. The lowest BCUT2D eigenvalue weighted by atomic mass is 9.87. The van der Waals surface area contributed by atoms with Gasteiger partial charge < -0.3 is 5.11 Å². The summed E-state index contributed by atoms with van der Waals surface area (Å²) in [5.74, 6) is -1.92. The van der Waals surface area contributed by atoms with Gasteiger partial charge in [0, 0.05) is 12.6 Å². The van der Waals surface area contributed by atoms with Gasteiger partial charge in [0.05, 0.1) is 22.7 Å². The predicted molar refractivity (Wildman–Crippen MR) is 147 cm³/mol. The Bertz CT molecular complexity index is 1790. The van der Waals surface area contributed by atoms with Crippen molar-refractivity contribution >= 4 is 34.6 Å². The molecule has 0 bridgehead atoms. The van der Waals surface area contributed by atoms with Crippen LogP contribution in [0.2, 0.25) is 0 Å². The molecule has 3 heterocycles. The molecule has 9 nitrogen and oxygen atoms in total. The van der Waals surface area contributed by atoms with E-state index in [0.29, 0.717) is 39.1 Å². The predicted octanol–water partition coefficient (Wildman–Crippen LogP) is 4.17. The summed E-state index contributed by atoms with van der Waals surface area (Å²) in [5.41, 5.74) is 2.29. The molecule has 0 fully saturated rings. The molecule has 1 unspecified atom stereocenters. The Kier molecular flexibility index (Phi) is 6.46. The number of rotatable bonds is 5. The number of aromatic nitrogens is 3. The summed E-state index contributed by atoms with van der Waals surface area (Å²) in [6.45, 7) is 3.35. The lowest BCUT2D eigenvalue weighted by molar-refractivity contribution is -0.127. The minimum Gasteiger partial charge on any atom is -0.493 e. The zero-order chi connectivity index (χ0) is 27.8. The standard InChI is InChI=1S/C30H25N5O4/c1-18-22(28(37)34(29(38)24(18)17-31)20-11-6-4-7-12-20)15-10-16-23-19(2)25-26(33(3)27(23)36)32-35(30(25)39)21-13-8-5-9-14-21/h4-14,16,22,39H,15H2,1-3H3. The molecule has 194 valence electrons. The van der Waals surface area contributed by atoms with E-state index in [9.17, 15) is 24.8 Å². The van der Waals surface area contributed by atoms with Crippen molar-refractivity contribution in [1.82, 2.24) is 14.3 Å². The minimum absolute atomic E-state index is 0.0661. The number of amides is 2. The second-order valence-corrected chi connectivity index (χ2v) is 9.35. The Labute approximate surface area is 224 Å². The first-order chi connectivity index (χ1) is 18.8. The number of pyridine rings is 1. The topological polar surface area (TPSA) is 121 Å². The number of imide groups is 1. The van der Waals surface area contributed by atoms with Crippen molar-refractivity contribution in [2.24, 2.45) is 13.0 Å². The van der Waals surface area contributed by atoms with Crippen LogP contribution in [0.25, 0.3) is 22.8 Å². The van der Waals surface area contributed by atoms with E-state index in [2.05, 4.69) is 5.10 Å². The van der Waals surface area contributed by atoms with Crippen LogP contribution in [0.4, 0.5) is 5.69 Å².